The number of benzene rings is 2. The second-order valence-corrected chi connectivity index (χ2v) is 6.95. The summed E-state index contributed by atoms with van der Waals surface area (Å²) in [5.41, 5.74) is 2.67. The molecule has 1 heterocycles. The van der Waals surface area contributed by atoms with Crippen LogP contribution < -0.4 is 16.0 Å². The fourth-order valence-corrected chi connectivity index (χ4v) is 3.14. The van der Waals surface area contributed by atoms with E-state index in [0.717, 1.165) is 24.0 Å². The molecule has 0 spiro atoms. The summed E-state index contributed by atoms with van der Waals surface area (Å²) in [4.78, 5) is 36.9. The summed E-state index contributed by atoms with van der Waals surface area (Å²) in [5, 5.41) is 7.95. The second-order valence-electron chi connectivity index (χ2n) is 6.95. The number of rotatable bonds is 6. The Balaban J connectivity index is 1.58. The number of hydrogen-bond acceptors (Lipinski definition) is 4. The molecule has 0 saturated carbocycles. The molecule has 0 bridgehead atoms. The molecule has 1 aliphatic rings. The van der Waals surface area contributed by atoms with Crippen LogP contribution in [0.2, 0.25) is 0 Å². The summed E-state index contributed by atoms with van der Waals surface area (Å²) in [6, 6.07) is 14.4. The number of nitrogens with one attached hydrogen (secondary N) is 3. The van der Waals surface area contributed by atoms with Crippen LogP contribution in [-0.4, -0.2) is 37.0 Å². The van der Waals surface area contributed by atoms with E-state index in [1.807, 2.05) is 31.2 Å². The van der Waals surface area contributed by atoms with Crippen LogP contribution in [0.3, 0.4) is 0 Å². The van der Waals surface area contributed by atoms with E-state index in [0.29, 0.717) is 25.3 Å². The molecule has 1 saturated heterocycles. The minimum atomic E-state index is -0.817. The van der Waals surface area contributed by atoms with Crippen molar-refractivity contribution in [2.24, 2.45) is 0 Å². The molecule has 0 unspecified atom stereocenters. The van der Waals surface area contributed by atoms with Gasteiger partial charge in [0, 0.05) is 19.7 Å². The van der Waals surface area contributed by atoms with Gasteiger partial charge in [0.05, 0.1) is 17.4 Å². The van der Waals surface area contributed by atoms with Crippen LogP contribution in [-0.2, 0) is 20.9 Å². The number of carbonyl (C=O) groups excluding carboxylic acids is 3. The van der Waals surface area contributed by atoms with Gasteiger partial charge >= 0.3 is 11.8 Å². The van der Waals surface area contributed by atoms with Gasteiger partial charge in [0.1, 0.15) is 0 Å². The van der Waals surface area contributed by atoms with E-state index in [4.69, 9.17) is 4.74 Å². The molecule has 1 aliphatic heterocycles. The monoisotopic (exact) mass is 395 g/mol. The second kappa shape index (κ2) is 9.84. The number of para-hydroxylation sites is 1. The van der Waals surface area contributed by atoms with Crippen LogP contribution in [0.5, 0.6) is 0 Å². The zero-order chi connectivity index (χ0) is 20.6. The average Bonchev–Trinajstić information content (AvgIpc) is 3.25. The summed E-state index contributed by atoms with van der Waals surface area (Å²) >= 11 is 0. The predicted octanol–water partition coefficient (Wildman–Crippen LogP) is 2.16. The Bertz CT molecular complexity index is 891. The summed E-state index contributed by atoms with van der Waals surface area (Å²) < 4.78 is 5.42. The number of anilines is 1. The molecule has 3 N–H and O–H groups in total. The fourth-order valence-electron chi connectivity index (χ4n) is 3.14. The van der Waals surface area contributed by atoms with E-state index >= 15 is 0 Å². The normalized spacial score (nSPS) is 15.6. The molecule has 0 aromatic heterocycles. The Hall–Kier alpha value is -3.19. The van der Waals surface area contributed by atoms with Gasteiger partial charge in [0.15, 0.2) is 0 Å². The van der Waals surface area contributed by atoms with E-state index in [1.54, 1.807) is 24.3 Å². The topological polar surface area (TPSA) is 96.5 Å². The van der Waals surface area contributed by atoms with E-state index in [9.17, 15) is 14.4 Å². The first kappa shape index (κ1) is 20.5. The molecule has 3 rings (SSSR count). The first-order chi connectivity index (χ1) is 14.0. The summed E-state index contributed by atoms with van der Waals surface area (Å²) in [6.45, 7) is 3.32. The van der Waals surface area contributed by atoms with Crippen molar-refractivity contribution < 1.29 is 19.1 Å². The highest BCUT2D eigenvalue weighted by molar-refractivity contribution is 6.40. The lowest BCUT2D eigenvalue weighted by atomic mass is 10.1. The first-order valence-electron chi connectivity index (χ1n) is 9.67. The van der Waals surface area contributed by atoms with Crippen LogP contribution in [0.15, 0.2) is 48.5 Å². The Kier molecular flexibility index (Phi) is 6.97. The van der Waals surface area contributed by atoms with Crippen molar-refractivity contribution in [1.82, 2.24) is 10.6 Å². The third-order valence-corrected chi connectivity index (χ3v) is 4.84. The minimum Gasteiger partial charge on any atom is -0.376 e. The summed E-state index contributed by atoms with van der Waals surface area (Å²) in [7, 11) is 0. The highest BCUT2D eigenvalue weighted by atomic mass is 16.5. The number of amides is 3. The highest BCUT2D eigenvalue weighted by Crippen LogP contribution is 2.16. The van der Waals surface area contributed by atoms with Gasteiger partial charge in [-0.2, -0.15) is 0 Å². The molecule has 1 fully saturated rings. The van der Waals surface area contributed by atoms with Crippen LogP contribution in [0.4, 0.5) is 5.69 Å². The minimum absolute atomic E-state index is 0.0498. The maximum absolute atomic E-state index is 12.6. The molecule has 1 atom stereocenters. The van der Waals surface area contributed by atoms with Crippen molar-refractivity contribution in [2.45, 2.75) is 32.4 Å². The molecule has 7 nitrogen and oxygen atoms in total. The van der Waals surface area contributed by atoms with Crippen LogP contribution in [0, 0.1) is 6.92 Å². The van der Waals surface area contributed by atoms with Gasteiger partial charge in [-0.1, -0.05) is 36.4 Å². The molecule has 2 aromatic rings. The SMILES string of the molecule is Cc1ccccc1CNC(=O)c1ccccc1NC(=O)C(=O)NC[C@H]1CCCO1. The molecule has 0 radical (unpaired) electrons. The molecule has 2 aromatic carbocycles. The number of hydrogen-bond donors (Lipinski definition) is 3. The van der Waals surface area contributed by atoms with Gasteiger partial charge in [0.25, 0.3) is 5.91 Å². The van der Waals surface area contributed by atoms with Crippen molar-refractivity contribution >= 4 is 23.4 Å². The lowest BCUT2D eigenvalue weighted by Crippen LogP contribution is -2.39. The third kappa shape index (κ3) is 5.65. The third-order valence-electron chi connectivity index (χ3n) is 4.84. The molecular weight excluding hydrogens is 370 g/mol. The van der Waals surface area contributed by atoms with Crippen LogP contribution in [0.1, 0.15) is 34.3 Å². The molecule has 0 aliphatic carbocycles. The maximum Gasteiger partial charge on any atom is 0.313 e. The number of ether oxygens (including phenoxy) is 1. The summed E-state index contributed by atoms with van der Waals surface area (Å²) in [5.74, 6) is -1.90. The lowest BCUT2D eigenvalue weighted by molar-refractivity contribution is -0.136. The van der Waals surface area contributed by atoms with Gasteiger partial charge in [-0.15, -0.1) is 0 Å². The van der Waals surface area contributed by atoms with Crippen molar-refractivity contribution in [1.29, 1.82) is 0 Å². The van der Waals surface area contributed by atoms with Crippen molar-refractivity contribution in [2.75, 3.05) is 18.5 Å². The Morgan fingerprint density at radius 2 is 1.76 bits per heavy atom. The Morgan fingerprint density at radius 3 is 2.52 bits per heavy atom. The van der Waals surface area contributed by atoms with Gasteiger partial charge in [-0.25, -0.2) is 0 Å². The van der Waals surface area contributed by atoms with E-state index in [-0.39, 0.29) is 17.7 Å². The molecular formula is C22H25N3O4. The zero-order valence-corrected chi connectivity index (χ0v) is 16.4. The number of aryl methyl sites for hydroxylation is 1. The molecule has 7 heteroatoms. The Labute approximate surface area is 169 Å². The molecule has 152 valence electrons. The van der Waals surface area contributed by atoms with Crippen molar-refractivity contribution in [3.8, 4) is 0 Å². The zero-order valence-electron chi connectivity index (χ0n) is 16.4. The van der Waals surface area contributed by atoms with Gasteiger partial charge < -0.3 is 20.7 Å². The Morgan fingerprint density at radius 1 is 1.00 bits per heavy atom. The molecule has 29 heavy (non-hydrogen) atoms. The quantitative estimate of drug-likeness (QED) is 0.653. The van der Waals surface area contributed by atoms with Gasteiger partial charge in [-0.3, -0.25) is 14.4 Å². The number of carbonyl (C=O) groups is 3. The van der Waals surface area contributed by atoms with Crippen LogP contribution in [0.25, 0.3) is 0 Å². The largest absolute Gasteiger partial charge is 0.376 e. The molecule has 3 amide bonds. The van der Waals surface area contributed by atoms with Crippen LogP contribution >= 0.6 is 0 Å². The standard InChI is InChI=1S/C22H25N3O4/c1-15-7-2-3-8-16(15)13-23-20(26)18-10-4-5-11-19(18)25-22(28)21(27)24-14-17-9-6-12-29-17/h2-5,7-8,10-11,17H,6,9,12-14H2,1H3,(H,23,26)(H,24,27)(H,25,28)/t17-/m1/s1. The van der Waals surface area contributed by atoms with Crippen molar-refractivity contribution in [3.05, 3.63) is 65.2 Å². The highest BCUT2D eigenvalue weighted by Gasteiger charge is 2.21. The average molecular weight is 395 g/mol. The van der Waals surface area contributed by atoms with Crippen molar-refractivity contribution in [3.63, 3.8) is 0 Å². The smallest absolute Gasteiger partial charge is 0.313 e. The predicted molar refractivity (Wildman–Crippen MR) is 109 cm³/mol. The van der Waals surface area contributed by atoms with Gasteiger partial charge in [-0.05, 0) is 43.0 Å². The van der Waals surface area contributed by atoms with E-state index in [2.05, 4.69) is 16.0 Å². The summed E-state index contributed by atoms with van der Waals surface area (Å²) in [6.07, 6.45) is 1.77. The first-order valence-corrected chi connectivity index (χ1v) is 9.67. The van der Waals surface area contributed by atoms with E-state index < -0.39 is 11.8 Å². The lowest BCUT2D eigenvalue weighted by Gasteiger charge is -2.13. The van der Waals surface area contributed by atoms with Gasteiger partial charge in [0.2, 0.25) is 0 Å². The fraction of sp³-hybridized carbons (Fsp3) is 0.318. The maximum atomic E-state index is 12.6. The van der Waals surface area contributed by atoms with E-state index in [1.165, 1.54) is 0 Å².